The fourth-order valence-corrected chi connectivity index (χ4v) is 11.2. The van der Waals surface area contributed by atoms with Crippen LogP contribution in [0.15, 0.2) is 241 Å². The Balaban J connectivity index is 0.000000143. The number of nitrogens with zero attached hydrogens (tertiary/aromatic N) is 6. The first-order valence-corrected chi connectivity index (χ1v) is 24.8. The molecule has 8 heteroatoms. The molecule has 12 rings (SSSR count). The summed E-state index contributed by atoms with van der Waals surface area (Å²) in [5.74, 6) is 2.16. The molecule has 0 radical (unpaired) electrons. The Kier molecular flexibility index (Phi) is 10.9. The van der Waals surface area contributed by atoms with E-state index in [1.165, 1.54) is 21.9 Å². The van der Waals surface area contributed by atoms with Gasteiger partial charge in [-0.1, -0.05) is 0 Å². The van der Waals surface area contributed by atoms with Gasteiger partial charge in [-0.05, 0) is 0 Å². The van der Waals surface area contributed by atoms with Crippen LogP contribution in [0.25, 0.3) is 53.5 Å². The normalized spacial score (nSPS) is 11.1. The van der Waals surface area contributed by atoms with Gasteiger partial charge in [-0.3, -0.25) is 0 Å². The van der Waals surface area contributed by atoms with E-state index in [1.807, 2.05) is 6.07 Å². The quantitative estimate of drug-likeness (QED) is 0.135. The van der Waals surface area contributed by atoms with Gasteiger partial charge in [0.15, 0.2) is 0 Å². The molecule has 8 aromatic carbocycles. The second-order valence-corrected chi connectivity index (χ2v) is 18.9. The van der Waals surface area contributed by atoms with Gasteiger partial charge < -0.3 is 0 Å². The molecule has 0 amide bonds. The molecule has 0 saturated carbocycles. The van der Waals surface area contributed by atoms with E-state index in [1.54, 1.807) is 0 Å². The molecule has 306 valence electrons. The van der Waals surface area contributed by atoms with Gasteiger partial charge >= 0.3 is 386 Å². The van der Waals surface area contributed by atoms with E-state index in [0.29, 0.717) is 0 Å². The van der Waals surface area contributed by atoms with Crippen LogP contribution in [0.4, 0.5) is 34.4 Å². The summed E-state index contributed by atoms with van der Waals surface area (Å²) in [4.78, 5) is 19.3. The van der Waals surface area contributed by atoms with Crippen molar-refractivity contribution in [3.8, 4) is 33.6 Å². The Bertz CT molecular complexity index is 3390. The van der Waals surface area contributed by atoms with E-state index in [2.05, 4.69) is 253 Å². The maximum absolute atomic E-state index is 5.12. The van der Waals surface area contributed by atoms with E-state index >= 15 is 0 Å². The molecule has 64 heavy (non-hydrogen) atoms. The summed E-state index contributed by atoms with van der Waals surface area (Å²) in [5, 5.41) is 2.47. The third-order valence-electron chi connectivity index (χ3n) is 11.2. The first kappa shape index (κ1) is 39.4. The van der Waals surface area contributed by atoms with E-state index in [0.717, 1.165) is 65.9 Å². The fourth-order valence-electron chi connectivity index (χ4n) is 8.24. The first-order valence-electron chi connectivity index (χ1n) is 21.1. The summed E-state index contributed by atoms with van der Waals surface area (Å²) in [6.07, 6.45) is 4.33. The van der Waals surface area contributed by atoms with Crippen LogP contribution in [-0.4, -0.2) is 47.8 Å². The summed E-state index contributed by atoms with van der Waals surface area (Å²) in [6, 6.07) is 76.5. The van der Waals surface area contributed by atoms with Crippen molar-refractivity contribution in [2.24, 2.45) is 0 Å². The number of imidazole rings is 2. The standard InChI is InChI=1S/C29H21N3Se.C27H19N3Se/c1-4-10-22(11-5-1)23-16-18-24(19-17-23)27-28(31-20-21-33-29(31)30-27)32(25-12-6-2-7-13-25)26-14-8-3-9-15-26;1-3-10-21(11-4-1)25-26(29-17-18-31-27(29)28-25)30(23-13-5-2-6-14-23)24-16-15-20-9-7-8-12-22(20)19-24/h1-21H;1-19H. The van der Waals surface area contributed by atoms with E-state index in [9.17, 15) is 0 Å². The number of hydrogen-bond donors (Lipinski definition) is 0. The average molecular weight is 955 g/mol. The van der Waals surface area contributed by atoms with Gasteiger partial charge in [-0.25, -0.2) is 0 Å². The number of para-hydroxylation sites is 3. The Morgan fingerprint density at radius 3 is 1.20 bits per heavy atom. The minimum absolute atomic E-state index is 0.232. The Morgan fingerprint density at radius 1 is 0.328 bits per heavy atom. The zero-order valence-corrected chi connectivity index (χ0v) is 38.0. The van der Waals surface area contributed by atoms with Crippen LogP contribution in [0.2, 0.25) is 0 Å². The molecule has 12 aromatic rings. The van der Waals surface area contributed by atoms with E-state index in [4.69, 9.17) is 9.97 Å². The molecule has 0 aliphatic carbocycles. The number of fused-ring (bicyclic) bond motifs is 3. The summed E-state index contributed by atoms with van der Waals surface area (Å²) < 4.78 is 6.75. The maximum atomic E-state index is 5.12. The minimum atomic E-state index is 0.232. The molecule has 4 heterocycles. The van der Waals surface area contributed by atoms with Gasteiger partial charge in [0.1, 0.15) is 0 Å². The Hall–Kier alpha value is -7.44. The molecule has 0 unspecified atom stereocenters. The molecule has 0 spiro atoms. The first-order chi connectivity index (χ1) is 31.8. The summed E-state index contributed by atoms with van der Waals surface area (Å²) in [6.45, 7) is 0. The summed E-state index contributed by atoms with van der Waals surface area (Å²) in [7, 11) is 0. The van der Waals surface area contributed by atoms with Crippen LogP contribution >= 0.6 is 0 Å². The monoisotopic (exact) mass is 956 g/mol. The van der Waals surface area contributed by atoms with Crippen molar-refractivity contribution in [1.29, 1.82) is 0 Å². The van der Waals surface area contributed by atoms with Crippen LogP contribution in [0.5, 0.6) is 0 Å². The van der Waals surface area contributed by atoms with Crippen molar-refractivity contribution in [2.75, 3.05) is 9.80 Å². The zero-order valence-electron chi connectivity index (χ0n) is 34.6. The van der Waals surface area contributed by atoms with Gasteiger partial charge in [-0.2, -0.15) is 0 Å². The van der Waals surface area contributed by atoms with Gasteiger partial charge in [-0.15, -0.1) is 0 Å². The Labute approximate surface area is 383 Å². The Morgan fingerprint density at radius 2 is 0.703 bits per heavy atom. The molecular formula is C56H40N6Se2. The summed E-state index contributed by atoms with van der Waals surface area (Å²) >= 11 is 0.476. The predicted octanol–water partition coefficient (Wildman–Crippen LogP) is 13.9. The van der Waals surface area contributed by atoms with E-state index in [-0.39, 0.29) is 29.0 Å². The molecule has 0 aliphatic heterocycles. The predicted molar refractivity (Wildman–Crippen MR) is 267 cm³/mol. The molecule has 0 saturated heterocycles. The van der Waals surface area contributed by atoms with Crippen molar-refractivity contribution >= 4 is 83.2 Å². The van der Waals surface area contributed by atoms with Crippen LogP contribution in [0.3, 0.4) is 0 Å². The van der Waals surface area contributed by atoms with Crippen molar-refractivity contribution in [3.63, 3.8) is 0 Å². The number of benzene rings is 8. The molecule has 6 nitrogen and oxygen atoms in total. The second kappa shape index (κ2) is 17.7. The molecule has 4 aromatic heterocycles. The van der Waals surface area contributed by atoms with Crippen molar-refractivity contribution in [1.82, 2.24) is 18.8 Å². The molecule has 0 fully saturated rings. The van der Waals surface area contributed by atoms with E-state index < -0.39 is 0 Å². The van der Waals surface area contributed by atoms with Crippen molar-refractivity contribution < 1.29 is 0 Å². The molecule has 0 aliphatic rings. The van der Waals surface area contributed by atoms with Gasteiger partial charge in [0, 0.05) is 0 Å². The van der Waals surface area contributed by atoms with Crippen LogP contribution in [0.1, 0.15) is 0 Å². The van der Waals surface area contributed by atoms with Gasteiger partial charge in [0.2, 0.25) is 0 Å². The van der Waals surface area contributed by atoms with Gasteiger partial charge in [0.05, 0.1) is 0 Å². The number of anilines is 6. The molecule has 0 N–H and O–H groups in total. The van der Waals surface area contributed by atoms with Crippen LogP contribution < -0.4 is 9.80 Å². The topological polar surface area (TPSA) is 41.1 Å². The van der Waals surface area contributed by atoms with Crippen LogP contribution in [-0.2, 0) is 0 Å². The number of rotatable bonds is 9. The number of aromatic nitrogens is 4. The van der Waals surface area contributed by atoms with Gasteiger partial charge in [0.25, 0.3) is 0 Å². The van der Waals surface area contributed by atoms with Crippen LogP contribution in [0, 0.1) is 0 Å². The van der Waals surface area contributed by atoms with Crippen molar-refractivity contribution in [3.05, 3.63) is 241 Å². The molecule has 0 atom stereocenters. The second-order valence-electron chi connectivity index (χ2n) is 15.2. The SMILES string of the molecule is c1ccc(-c2ccc(-c3nc4[se]ccn4c3N(c3ccccc3)c3ccccc3)cc2)cc1.c1ccc(-c2nc3[se]ccn3c2N(c2ccccc2)c2ccc3ccccc3c2)cc1. The third kappa shape index (κ3) is 7.70. The van der Waals surface area contributed by atoms with Crippen molar-refractivity contribution in [2.45, 2.75) is 0 Å². The fraction of sp³-hybridized carbons (Fsp3) is 0. The average Bonchev–Trinajstić information content (AvgIpc) is 4.18. The molecule has 0 bridgehead atoms. The molecular weight excluding hydrogens is 915 g/mol. The third-order valence-corrected chi connectivity index (χ3v) is 14.4. The zero-order chi connectivity index (χ0) is 42.7. The number of hydrogen-bond acceptors (Lipinski definition) is 4. The summed E-state index contributed by atoms with van der Waals surface area (Å²) in [5.41, 5.74) is 11.2.